The molecule has 0 unspecified atom stereocenters. The molecule has 0 amide bonds. The molecule has 0 saturated carbocycles. The number of carbonyl (C=O) groups excluding carboxylic acids is 2. The van der Waals surface area contributed by atoms with Gasteiger partial charge in [-0.1, -0.05) is 24.3 Å². The number of carbonyl (C=O) groups is 2. The highest BCUT2D eigenvalue weighted by molar-refractivity contribution is 5.99. The normalized spacial score (nSPS) is 10.4. The number of nitriles is 1. The SMILES string of the molecule is CC(=O)c1nc2ccccc2n1CC(=O)c1ccc(C#N)cc1. The predicted molar refractivity (Wildman–Crippen MR) is 85.2 cm³/mol. The van der Waals surface area contributed by atoms with Crippen molar-refractivity contribution in [2.75, 3.05) is 0 Å². The Balaban J connectivity index is 2.00. The number of para-hydroxylation sites is 2. The second-order valence-electron chi connectivity index (χ2n) is 5.18. The lowest BCUT2D eigenvalue weighted by Crippen LogP contribution is -2.15. The summed E-state index contributed by atoms with van der Waals surface area (Å²) in [5.74, 6) is -0.0535. The standard InChI is InChI=1S/C18H13N3O2/c1-12(22)18-20-15-4-2-3-5-16(15)21(18)11-17(23)14-8-6-13(10-19)7-9-14/h2-9H,11H2,1H3. The average Bonchev–Trinajstić information content (AvgIpc) is 2.94. The van der Waals surface area contributed by atoms with E-state index in [1.807, 2.05) is 30.3 Å². The third kappa shape index (κ3) is 2.74. The summed E-state index contributed by atoms with van der Waals surface area (Å²) in [5, 5.41) is 8.81. The second kappa shape index (κ2) is 5.85. The Hall–Kier alpha value is -3.26. The lowest BCUT2D eigenvalue weighted by Gasteiger charge is -2.07. The van der Waals surface area contributed by atoms with Gasteiger partial charge >= 0.3 is 0 Å². The van der Waals surface area contributed by atoms with Gasteiger partial charge in [-0.25, -0.2) is 4.98 Å². The summed E-state index contributed by atoms with van der Waals surface area (Å²) in [5.41, 5.74) is 2.43. The third-order valence-corrected chi connectivity index (χ3v) is 3.61. The molecule has 0 bridgehead atoms. The molecule has 23 heavy (non-hydrogen) atoms. The number of hydrogen-bond acceptors (Lipinski definition) is 4. The fourth-order valence-electron chi connectivity index (χ4n) is 2.47. The van der Waals surface area contributed by atoms with Gasteiger partial charge < -0.3 is 4.57 Å². The van der Waals surface area contributed by atoms with Crippen LogP contribution in [0.2, 0.25) is 0 Å². The van der Waals surface area contributed by atoms with Crippen LogP contribution in [-0.4, -0.2) is 21.1 Å². The summed E-state index contributed by atoms with van der Waals surface area (Å²) >= 11 is 0. The van der Waals surface area contributed by atoms with Crippen molar-refractivity contribution in [3.8, 4) is 6.07 Å². The van der Waals surface area contributed by atoms with Crippen LogP contribution in [-0.2, 0) is 6.54 Å². The van der Waals surface area contributed by atoms with E-state index in [1.54, 1.807) is 28.8 Å². The van der Waals surface area contributed by atoms with Crippen molar-refractivity contribution in [1.29, 1.82) is 5.26 Å². The van der Waals surface area contributed by atoms with Crippen molar-refractivity contribution in [2.24, 2.45) is 0 Å². The van der Waals surface area contributed by atoms with Crippen molar-refractivity contribution in [2.45, 2.75) is 13.5 Å². The molecule has 1 aromatic heterocycles. The monoisotopic (exact) mass is 303 g/mol. The van der Waals surface area contributed by atoms with E-state index in [-0.39, 0.29) is 23.9 Å². The number of imidazole rings is 1. The zero-order chi connectivity index (χ0) is 16.4. The molecule has 0 spiro atoms. The number of aromatic nitrogens is 2. The van der Waals surface area contributed by atoms with Crippen LogP contribution in [0.4, 0.5) is 0 Å². The van der Waals surface area contributed by atoms with Gasteiger partial charge in [0.1, 0.15) is 0 Å². The minimum Gasteiger partial charge on any atom is -0.314 e. The molecular weight excluding hydrogens is 290 g/mol. The molecule has 112 valence electrons. The van der Waals surface area contributed by atoms with Gasteiger partial charge in [0.2, 0.25) is 0 Å². The Morgan fingerprint density at radius 3 is 2.48 bits per heavy atom. The van der Waals surface area contributed by atoms with Gasteiger partial charge in [0.25, 0.3) is 0 Å². The van der Waals surface area contributed by atoms with Crippen LogP contribution in [0.5, 0.6) is 0 Å². The Morgan fingerprint density at radius 2 is 1.83 bits per heavy atom. The summed E-state index contributed by atoms with van der Waals surface area (Å²) in [4.78, 5) is 28.6. The number of hydrogen-bond donors (Lipinski definition) is 0. The smallest absolute Gasteiger partial charge is 0.195 e. The van der Waals surface area contributed by atoms with E-state index >= 15 is 0 Å². The van der Waals surface area contributed by atoms with Gasteiger partial charge in [0.05, 0.1) is 29.2 Å². The maximum absolute atomic E-state index is 12.5. The molecule has 0 radical (unpaired) electrons. The van der Waals surface area contributed by atoms with Crippen molar-refractivity contribution in [3.05, 3.63) is 65.5 Å². The molecule has 0 aliphatic heterocycles. The molecule has 1 heterocycles. The second-order valence-corrected chi connectivity index (χ2v) is 5.18. The average molecular weight is 303 g/mol. The van der Waals surface area contributed by atoms with Crippen LogP contribution in [0.1, 0.15) is 33.5 Å². The molecule has 2 aromatic carbocycles. The first kappa shape index (κ1) is 14.7. The number of Topliss-reactive ketones (excluding diaryl/α,β-unsaturated/α-hetero) is 2. The van der Waals surface area contributed by atoms with Gasteiger partial charge in [-0.15, -0.1) is 0 Å². The fraction of sp³-hybridized carbons (Fsp3) is 0.111. The molecule has 3 aromatic rings. The number of ketones is 2. The lowest BCUT2D eigenvalue weighted by atomic mass is 10.1. The molecule has 0 fully saturated rings. The van der Waals surface area contributed by atoms with Gasteiger partial charge in [0.15, 0.2) is 17.4 Å². The fourth-order valence-corrected chi connectivity index (χ4v) is 2.47. The van der Waals surface area contributed by atoms with E-state index < -0.39 is 0 Å². The van der Waals surface area contributed by atoms with Crippen molar-refractivity contribution in [1.82, 2.24) is 9.55 Å². The Morgan fingerprint density at radius 1 is 1.13 bits per heavy atom. The Bertz CT molecular complexity index is 947. The van der Waals surface area contributed by atoms with E-state index in [9.17, 15) is 9.59 Å². The van der Waals surface area contributed by atoms with Crippen LogP contribution in [0, 0.1) is 11.3 Å². The zero-order valence-electron chi connectivity index (χ0n) is 12.5. The van der Waals surface area contributed by atoms with E-state index in [4.69, 9.17) is 5.26 Å². The summed E-state index contributed by atoms with van der Waals surface area (Å²) in [6, 6.07) is 15.8. The van der Waals surface area contributed by atoms with E-state index in [0.29, 0.717) is 16.6 Å². The van der Waals surface area contributed by atoms with Crippen molar-refractivity contribution >= 4 is 22.6 Å². The van der Waals surface area contributed by atoms with Crippen molar-refractivity contribution < 1.29 is 9.59 Å². The summed E-state index contributed by atoms with van der Waals surface area (Å²) < 4.78 is 1.64. The molecular formula is C18H13N3O2. The minimum atomic E-state index is -0.186. The molecule has 5 heteroatoms. The summed E-state index contributed by atoms with van der Waals surface area (Å²) in [7, 11) is 0. The highest BCUT2D eigenvalue weighted by Gasteiger charge is 2.17. The van der Waals surface area contributed by atoms with Crippen molar-refractivity contribution in [3.63, 3.8) is 0 Å². The predicted octanol–water partition coefficient (Wildman–Crippen LogP) is 2.99. The number of benzene rings is 2. The first-order chi connectivity index (χ1) is 11.1. The largest absolute Gasteiger partial charge is 0.314 e. The maximum Gasteiger partial charge on any atom is 0.195 e. The van der Waals surface area contributed by atoms with Crippen LogP contribution in [0.3, 0.4) is 0 Å². The minimum absolute atomic E-state index is 0.0291. The molecule has 0 saturated heterocycles. The molecule has 0 aliphatic rings. The van der Waals surface area contributed by atoms with E-state index in [1.165, 1.54) is 6.92 Å². The number of fused-ring (bicyclic) bond motifs is 1. The van der Waals surface area contributed by atoms with Crippen LogP contribution < -0.4 is 0 Å². The maximum atomic E-state index is 12.5. The lowest BCUT2D eigenvalue weighted by molar-refractivity contribution is 0.0966. The van der Waals surface area contributed by atoms with Gasteiger partial charge in [0, 0.05) is 12.5 Å². The zero-order valence-corrected chi connectivity index (χ0v) is 12.5. The van der Waals surface area contributed by atoms with Crippen LogP contribution in [0.25, 0.3) is 11.0 Å². The molecule has 0 atom stereocenters. The highest BCUT2D eigenvalue weighted by Crippen LogP contribution is 2.17. The Labute approximate surface area is 132 Å². The molecule has 5 nitrogen and oxygen atoms in total. The number of rotatable bonds is 4. The molecule has 3 rings (SSSR count). The number of nitrogens with zero attached hydrogens (tertiary/aromatic N) is 3. The summed E-state index contributed by atoms with van der Waals surface area (Å²) in [6.07, 6.45) is 0. The topological polar surface area (TPSA) is 75.8 Å². The summed E-state index contributed by atoms with van der Waals surface area (Å²) in [6.45, 7) is 1.46. The quantitative estimate of drug-likeness (QED) is 0.694. The van der Waals surface area contributed by atoms with E-state index in [2.05, 4.69) is 4.98 Å². The molecule has 0 N–H and O–H groups in total. The van der Waals surface area contributed by atoms with Crippen LogP contribution in [0.15, 0.2) is 48.5 Å². The van der Waals surface area contributed by atoms with E-state index in [0.717, 1.165) is 5.52 Å². The van der Waals surface area contributed by atoms with Gasteiger partial charge in [-0.05, 0) is 24.3 Å². The first-order valence-electron chi connectivity index (χ1n) is 7.09. The van der Waals surface area contributed by atoms with Crippen LogP contribution >= 0.6 is 0 Å². The molecule has 0 aliphatic carbocycles. The first-order valence-corrected chi connectivity index (χ1v) is 7.09. The highest BCUT2D eigenvalue weighted by atomic mass is 16.1. The third-order valence-electron chi connectivity index (χ3n) is 3.61. The van der Waals surface area contributed by atoms with Gasteiger partial charge in [-0.3, -0.25) is 9.59 Å². The Kier molecular flexibility index (Phi) is 3.73. The van der Waals surface area contributed by atoms with Gasteiger partial charge in [-0.2, -0.15) is 5.26 Å².